The number of fused-ring (bicyclic) bond motifs is 5. The van der Waals surface area contributed by atoms with Gasteiger partial charge in [0, 0.05) is 13.8 Å². The van der Waals surface area contributed by atoms with Crippen molar-refractivity contribution in [3.8, 4) is 0 Å². The van der Waals surface area contributed by atoms with Gasteiger partial charge in [0.05, 0.1) is 10.3 Å². The summed E-state index contributed by atoms with van der Waals surface area (Å²) in [6.45, 7) is 11.8. The highest BCUT2D eigenvalue weighted by Gasteiger charge is 2.70. The third kappa shape index (κ3) is 3.45. The highest BCUT2D eigenvalue weighted by molar-refractivity contribution is 6.33. The lowest BCUT2D eigenvalue weighted by molar-refractivity contribution is -0.156. The normalized spacial score (nSPS) is 49.4. The first-order valence-corrected chi connectivity index (χ1v) is 13.1. The van der Waals surface area contributed by atoms with Gasteiger partial charge in [-0.25, -0.2) is 0 Å². The lowest BCUT2D eigenvalue weighted by Crippen LogP contribution is -2.67. The van der Waals surface area contributed by atoms with E-state index < -0.39 is 4.87 Å². The summed E-state index contributed by atoms with van der Waals surface area (Å²) in [5.41, 5.74) is 1.07. The van der Waals surface area contributed by atoms with Crippen LogP contribution < -0.4 is 0 Å². The number of alkyl halides is 2. The van der Waals surface area contributed by atoms with Gasteiger partial charge in [0.1, 0.15) is 11.9 Å². The van der Waals surface area contributed by atoms with E-state index >= 15 is 0 Å². The van der Waals surface area contributed by atoms with E-state index in [0.29, 0.717) is 23.7 Å². The molecule has 4 saturated carbocycles. The van der Waals surface area contributed by atoms with Crippen molar-refractivity contribution in [1.82, 2.24) is 0 Å². The summed E-state index contributed by atoms with van der Waals surface area (Å²) in [6.07, 6.45) is 6.68. The van der Waals surface area contributed by atoms with E-state index in [2.05, 4.69) is 20.8 Å². The molecule has 4 nitrogen and oxygen atoms in total. The van der Waals surface area contributed by atoms with Gasteiger partial charge >= 0.3 is 11.9 Å². The minimum atomic E-state index is -0.479. The maximum Gasteiger partial charge on any atom is 0.307 e. The van der Waals surface area contributed by atoms with Gasteiger partial charge in [-0.05, 0) is 91.9 Å². The number of halogens is 2. The molecule has 180 valence electrons. The van der Waals surface area contributed by atoms with Gasteiger partial charge in [0.2, 0.25) is 0 Å². The number of hydrogen-bond acceptors (Lipinski definition) is 4. The Morgan fingerprint density at radius 2 is 1.69 bits per heavy atom. The Labute approximate surface area is 202 Å². The molecule has 4 fully saturated rings. The lowest BCUT2D eigenvalue weighted by Gasteiger charge is -2.66. The van der Waals surface area contributed by atoms with Crippen LogP contribution in [0.2, 0.25) is 0 Å². The van der Waals surface area contributed by atoms with Crippen molar-refractivity contribution in [3.63, 3.8) is 0 Å². The summed E-state index contributed by atoms with van der Waals surface area (Å²) in [5, 5.41) is -0.168. The molecule has 4 aliphatic rings. The number of carbonyl (C=O) groups excluding carboxylic acids is 2. The van der Waals surface area contributed by atoms with Crippen molar-refractivity contribution in [2.75, 3.05) is 0 Å². The summed E-state index contributed by atoms with van der Waals surface area (Å²) in [5.74, 6) is 1.80. The van der Waals surface area contributed by atoms with Crippen molar-refractivity contribution >= 4 is 35.1 Å². The van der Waals surface area contributed by atoms with Crippen LogP contribution in [0.3, 0.4) is 0 Å². The van der Waals surface area contributed by atoms with Crippen LogP contribution in [0.25, 0.3) is 0 Å². The largest absolute Gasteiger partial charge is 0.463 e. The molecule has 0 N–H and O–H groups in total. The third-order valence-corrected chi connectivity index (χ3v) is 11.3. The van der Waals surface area contributed by atoms with Crippen molar-refractivity contribution in [3.05, 3.63) is 11.3 Å². The molecule has 0 saturated heterocycles. The first-order valence-electron chi connectivity index (χ1n) is 12.2. The quantitative estimate of drug-likeness (QED) is 0.251. The molecule has 0 aromatic heterocycles. The summed E-state index contributed by atoms with van der Waals surface area (Å²) in [6, 6.07) is 0. The first kappa shape index (κ1) is 24.4. The molecule has 0 aromatic rings. The van der Waals surface area contributed by atoms with E-state index in [9.17, 15) is 9.59 Å². The number of allylic oxidation sites excluding steroid dienone is 2. The molecular weight excluding hydrogens is 447 g/mol. The Kier molecular flexibility index (Phi) is 6.24. The second-order valence-corrected chi connectivity index (χ2v) is 12.6. The van der Waals surface area contributed by atoms with Crippen LogP contribution >= 0.6 is 23.2 Å². The summed E-state index contributed by atoms with van der Waals surface area (Å²) < 4.78 is 11.2. The molecule has 9 atom stereocenters. The van der Waals surface area contributed by atoms with Crippen LogP contribution in [0.15, 0.2) is 11.3 Å². The summed E-state index contributed by atoms with van der Waals surface area (Å²) >= 11 is 15.0. The first-order chi connectivity index (χ1) is 14.8. The standard InChI is InChI=1S/C26H38Cl2O4/c1-14-11-21-20-8-7-18-12-19(32-17(4)30)9-10-25(18,6)26(20,28)22(27)13-24(21,5)23(14)15(2)31-16(3)29/h14,18-22H,7-13H2,1-6H3/t14-,18-,19-,20-,21-,22-,24-,25-,26-/m0/s1. The van der Waals surface area contributed by atoms with E-state index in [-0.39, 0.29) is 34.2 Å². The zero-order chi connectivity index (χ0) is 23.6. The van der Waals surface area contributed by atoms with Crippen LogP contribution in [0.1, 0.15) is 86.5 Å². The number of ether oxygens (including phenoxy) is 2. The fraction of sp³-hybridized carbons (Fsp3) is 0.846. The van der Waals surface area contributed by atoms with Gasteiger partial charge in [-0.2, -0.15) is 0 Å². The average molecular weight is 485 g/mol. The average Bonchev–Trinajstić information content (AvgIpc) is 2.92. The fourth-order valence-corrected chi connectivity index (χ4v) is 9.99. The predicted octanol–water partition coefficient (Wildman–Crippen LogP) is 6.62. The zero-order valence-corrected chi connectivity index (χ0v) is 21.8. The highest BCUT2D eigenvalue weighted by Crippen LogP contribution is 2.72. The van der Waals surface area contributed by atoms with E-state index in [1.54, 1.807) is 0 Å². The Balaban J connectivity index is 1.69. The second kappa shape index (κ2) is 8.18. The number of carbonyl (C=O) groups is 2. The number of rotatable bonds is 2. The summed E-state index contributed by atoms with van der Waals surface area (Å²) in [7, 11) is 0. The van der Waals surface area contributed by atoms with Crippen LogP contribution in [0.5, 0.6) is 0 Å². The fourth-order valence-electron chi connectivity index (χ4n) is 8.67. The monoisotopic (exact) mass is 484 g/mol. The molecule has 4 rings (SSSR count). The SMILES string of the molecule is CC(=O)OC(C)=C1[C@@H](C)C[C@H]2[C@@H]3CC[C@H]4C[C@@H](OC(C)=O)CC[C@]4(C)[C@@]3(Cl)[C@@H](Cl)C[C@]12C. The van der Waals surface area contributed by atoms with E-state index in [0.717, 1.165) is 50.7 Å². The predicted molar refractivity (Wildman–Crippen MR) is 126 cm³/mol. The van der Waals surface area contributed by atoms with Crippen molar-refractivity contribution < 1.29 is 19.1 Å². The van der Waals surface area contributed by atoms with Crippen molar-refractivity contribution in [1.29, 1.82) is 0 Å². The van der Waals surface area contributed by atoms with Gasteiger partial charge in [-0.3, -0.25) is 9.59 Å². The van der Waals surface area contributed by atoms with Crippen LogP contribution in [0, 0.1) is 34.5 Å². The molecule has 0 spiro atoms. The molecule has 32 heavy (non-hydrogen) atoms. The van der Waals surface area contributed by atoms with E-state index in [4.69, 9.17) is 32.7 Å². The Morgan fingerprint density at radius 1 is 1.00 bits per heavy atom. The maximum absolute atomic E-state index is 11.7. The van der Waals surface area contributed by atoms with E-state index in [1.807, 2.05) is 6.92 Å². The third-order valence-electron chi connectivity index (χ3n) is 9.76. The minimum absolute atomic E-state index is 0.00237. The highest BCUT2D eigenvalue weighted by atomic mass is 35.5. The molecule has 0 amide bonds. The molecule has 0 heterocycles. The Bertz CT molecular complexity index is 840. The van der Waals surface area contributed by atoms with Crippen LogP contribution in [-0.2, 0) is 19.1 Å². The van der Waals surface area contributed by atoms with Gasteiger partial charge in [0.15, 0.2) is 0 Å². The Hall–Kier alpha value is -0.740. The smallest absolute Gasteiger partial charge is 0.307 e. The number of esters is 2. The lowest BCUT2D eigenvalue weighted by atomic mass is 9.44. The molecule has 4 aliphatic carbocycles. The molecule has 0 aromatic carbocycles. The zero-order valence-electron chi connectivity index (χ0n) is 20.3. The van der Waals surface area contributed by atoms with E-state index in [1.165, 1.54) is 19.4 Å². The topological polar surface area (TPSA) is 52.6 Å². The maximum atomic E-state index is 11.7. The number of hydrogen-bond donors (Lipinski definition) is 0. The van der Waals surface area contributed by atoms with Gasteiger partial charge < -0.3 is 9.47 Å². The Morgan fingerprint density at radius 3 is 2.31 bits per heavy atom. The molecular formula is C26H38Cl2O4. The minimum Gasteiger partial charge on any atom is -0.463 e. The molecule has 0 aliphatic heterocycles. The molecule has 0 unspecified atom stereocenters. The van der Waals surface area contributed by atoms with Gasteiger partial charge in [-0.15, -0.1) is 23.2 Å². The van der Waals surface area contributed by atoms with Crippen molar-refractivity contribution in [2.24, 2.45) is 34.5 Å². The van der Waals surface area contributed by atoms with Gasteiger partial charge in [0.25, 0.3) is 0 Å². The molecule has 0 bridgehead atoms. The summed E-state index contributed by atoms with van der Waals surface area (Å²) in [4.78, 5) is 22.7. The van der Waals surface area contributed by atoms with Crippen molar-refractivity contribution in [2.45, 2.75) is 103 Å². The molecule has 6 heteroatoms. The second-order valence-electron chi connectivity index (χ2n) is 11.5. The molecule has 0 radical (unpaired) electrons. The van der Waals surface area contributed by atoms with Crippen LogP contribution in [0.4, 0.5) is 0 Å². The van der Waals surface area contributed by atoms with Crippen LogP contribution in [-0.4, -0.2) is 28.3 Å². The van der Waals surface area contributed by atoms with Gasteiger partial charge in [-0.1, -0.05) is 20.8 Å².